The maximum Gasteiger partial charge on any atom is 0.234 e. The van der Waals surface area contributed by atoms with Crippen molar-refractivity contribution in [3.63, 3.8) is 0 Å². The van der Waals surface area contributed by atoms with E-state index in [1.165, 1.54) is 0 Å². The molecule has 6 heteroatoms. The third-order valence-electron chi connectivity index (χ3n) is 3.54. The first-order valence-electron chi connectivity index (χ1n) is 6.55. The number of methoxy groups -OCH3 is 1. The zero-order chi connectivity index (χ0) is 13.9. The van der Waals surface area contributed by atoms with E-state index in [0.29, 0.717) is 24.9 Å². The molecule has 1 fully saturated rings. The fourth-order valence-electron chi connectivity index (χ4n) is 2.35. The van der Waals surface area contributed by atoms with Crippen molar-refractivity contribution >= 4 is 0 Å². The number of nitrogens with zero attached hydrogens (tertiary/aromatic N) is 2. The van der Waals surface area contributed by atoms with Gasteiger partial charge in [0.05, 0.1) is 26.2 Å². The first-order chi connectivity index (χ1) is 9.81. The molecule has 2 unspecified atom stereocenters. The van der Waals surface area contributed by atoms with Crippen molar-refractivity contribution < 1.29 is 14.0 Å². The van der Waals surface area contributed by atoms with Crippen LogP contribution in [0.2, 0.25) is 0 Å². The summed E-state index contributed by atoms with van der Waals surface area (Å²) in [4.78, 5) is 4.48. The van der Waals surface area contributed by atoms with Gasteiger partial charge in [0.2, 0.25) is 11.7 Å². The Bertz CT molecular complexity index is 585. The summed E-state index contributed by atoms with van der Waals surface area (Å²) in [6.45, 7) is 1.27. The molecule has 1 aromatic heterocycles. The fourth-order valence-corrected chi connectivity index (χ4v) is 2.35. The summed E-state index contributed by atoms with van der Waals surface area (Å²) in [5.41, 5.74) is 0.874. The Kier molecular flexibility index (Phi) is 3.66. The Balaban J connectivity index is 1.86. The van der Waals surface area contributed by atoms with Gasteiger partial charge in [-0.3, -0.25) is 0 Å². The van der Waals surface area contributed by atoms with Gasteiger partial charge in [-0.05, 0) is 19.2 Å². The van der Waals surface area contributed by atoms with Gasteiger partial charge in [-0.25, -0.2) is 0 Å². The van der Waals surface area contributed by atoms with Gasteiger partial charge < -0.3 is 19.3 Å². The van der Waals surface area contributed by atoms with E-state index >= 15 is 0 Å². The lowest BCUT2D eigenvalue weighted by Gasteiger charge is -2.11. The molecule has 1 aliphatic rings. The molecule has 6 nitrogen and oxygen atoms in total. The molecule has 0 spiro atoms. The highest BCUT2D eigenvalue weighted by Crippen LogP contribution is 2.27. The molecule has 1 aliphatic heterocycles. The molecule has 1 N–H and O–H groups in total. The van der Waals surface area contributed by atoms with E-state index in [9.17, 15) is 0 Å². The predicted molar refractivity (Wildman–Crippen MR) is 72.7 cm³/mol. The van der Waals surface area contributed by atoms with Gasteiger partial charge in [0.15, 0.2) is 0 Å². The first-order valence-corrected chi connectivity index (χ1v) is 6.55. The van der Waals surface area contributed by atoms with E-state index in [-0.39, 0.29) is 12.0 Å². The number of ether oxygens (including phenoxy) is 2. The van der Waals surface area contributed by atoms with E-state index in [0.717, 1.165) is 11.3 Å². The standard InChI is InChI=1S/C14H17N3O3/c1-15-12-8-19-7-11(12)14-16-13(17-20-14)9-4-3-5-10(6-9)18-2/h3-6,11-12,15H,7-8H2,1-2H3. The highest BCUT2D eigenvalue weighted by atomic mass is 16.5. The van der Waals surface area contributed by atoms with Crippen LogP contribution >= 0.6 is 0 Å². The van der Waals surface area contributed by atoms with Gasteiger partial charge in [0.25, 0.3) is 0 Å². The van der Waals surface area contributed by atoms with Crippen LogP contribution in [-0.4, -0.2) is 43.6 Å². The molecular weight excluding hydrogens is 258 g/mol. The number of hydrogen-bond donors (Lipinski definition) is 1. The van der Waals surface area contributed by atoms with Crippen LogP contribution in [0, 0.1) is 0 Å². The zero-order valence-electron chi connectivity index (χ0n) is 11.5. The van der Waals surface area contributed by atoms with Crippen molar-refractivity contribution in [1.82, 2.24) is 15.5 Å². The van der Waals surface area contributed by atoms with Gasteiger partial charge in [0.1, 0.15) is 5.75 Å². The first kappa shape index (κ1) is 13.1. The zero-order valence-corrected chi connectivity index (χ0v) is 11.5. The lowest BCUT2D eigenvalue weighted by Crippen LogP contribution is -2.31. The summed E-state index contributed by atoms with van der Waals surface area (Å²) in [5, 5.41) is 7.26. The minimum atomic E-state index is 0.104. The third kappa shape index (κ3) is 2.39. The van der Waals surface area contributed by atoms with Crippen molar-refractivity contribution in [2.75, 3.05) is 27.4 Å². The molecule has 0 saturated carbocycles. The van der Waals surface area contributed by atoms with Gasteiger partial charge in [-0.15, -0.1) is 0 Å². The van der Waals surface area contributed by atoms with Crippen LogP contribution in [0.3, 0.4) is 0 Å². The quantitative estimate of drug-likeness (QED) is 0.910. The van der Waals surface area contributed by atoms with Crippen LogP contribution in [0.15, 0.2) is 28.8 Å². The van der Waals surface area contributed by atoms with Gasteiger partial charge in [-0.1, -0.05) is 17.3 Å². The van der Waals surface area contributed by atoms with E-state index in [1.807, 2.05) is 31.3 Å². The molecule has 2 atom stereocenters. The largest absolute Gasteiger partial charge is 0.497 e. The summed E-state index contributed by atoms with van der Waals surface area (Å²) < 4.78 is 16.0. The number of nitrogens with one attached hydrogen (secondary N) is 1. The van der Waals surface area contributed by atoms with Crippen LogP contribution < -0.4 is 10.1 Å². The molecule has 0 aliphatic carbocycles. The molecule has 3 rings (SSSR count). The minimum Gasteiger partial charge on any atom is -0.497 e. The van der Waals surface area contributed by atoms with Crippen LogP contribution in [0.4, 0.5) is 0 Å². The van der Waals surface area contributed by atoms with Crippen LogP contribution in [-0.2, 0) is 4.74 Å². The molecule has 0 amide bonds. The normalized spacial score (nSPS) is 22.1. The van der Waals surface area contributed by atoms with Crippen molar-refractivity contribution in [2.24, 2.45) is 0 Å². The Morgan fingerprint density at radius 2 is 2.25 bits per heavy atom. The fraction of sp³-hybridized carbons (Fsp3) is 0.429. The molecule has 106 valence electrons. The summed E-state index contributed by atoms with van der Waals surface area (Å²) in [5.74, 6) is 2.05. The monoisotopic (exact) mass is 275 g/mol. The minimum absolute atomic E-state index is 0.104. The van der Waals surface area contributed by atoms with Gasteiger partial charge in [-0.2, -0.15) is 4.98 Å². The lowest BCUT2D eigenvalue weighted by atomic mass is 10.0. The van der Waals surface area contributed by atoms with Crippen LogP contribution in [0.5, 0.6) is 5.75 Å². The number of hydrogen-bond acceptors (Lipinski definition) is 6. The van der Waals surface area contributed by atoms with Crippen LogP contribution in [0.1, 0.15) is 11.8 Å². The molecular formula is C14H17N3O3. The van der Waals surface area contributed by atoms with Gasteiger partial charge in [0, 0.05) is 11.6 Å². The second kappa shape index (κ2) is 5.60. The summed E-state index contributed by atoms with van der Waals surface area (Å²) in [6, 6.07) is 7.81. The van der Waals surface area contributed by atoms with E-state index in [2.05, 4.69) is 15.5 Å². The topological polar surface area (TPSA) is 69.4 Å². The Morgan fingerprint density at radius 3 is 3.05 bits per heavy atom. The molecule has 2 heterocycles. The predicted octanol–water partition coefficient (Wildman–Crippen LogP) is 1.45. The maximum absolute atomic E-state index is 5.46. The molecule has 0 radical (unpaired) electrons. The van der Waals surface area contributed by atoms with Gasteiger partial charge >= 0.3 is 0 Å². The van der Waals surface area contributed by atoms with Crippen molar-refractivity contribution in [2.45, 2.75) is 12.0 Å². The Hall–Kier alpha value is -1.92. The number of aromatic nitrogens is 2. The SMILES string of the molecule is CNC1COCC1c1nc(-c2cccc(OC)c2)no1. The average Bonchev–Trinajstić information content (AvgIpc) is 3.15. The average molecular weight is 275 g/mol. The number of rotatable bonds is 4. The second-order valence-electron chi connectivity index (χ2n) is 4.73. The van der Waals surface area contributed by atoms with Crippen molar-refractivity contribution in [1.29, 1.82) is 0 Å². The summed E-state index contributed by atoms with van der Waals surface area (Å²) >= 11 is 0. The third-order valence-corrected chi connectivity index (χ3v) is 3.54. The van der Waals surface area contributed by atoms with E-state index in [1.54, 1.807) is 7.11 Å². The number of likely N-dealkylation sites (N-methyl/N-ethyl adjacent to an activating group) is 1. The molecule has 20 heavy (non-hydrogen) atoms. The Morgan fingerprint density at radius 1 is 1.35 bits per heavy atom. The smallest absolute Gasteiger partial charge is 0.234 e. The molecule has 2 aromatic rings. The molecule has 1 saturated heterocycles. The highest BCUT2D eigenvalue weighted by Gasteiger charge is 2.33. The molecule has 0 bridgehead atoms. The highest BCUT2D eigenvalue weighted by molar-refractivity contribution is 5.56. The van der Waals surface area contributed by atoms with Crippen molar-refractivity contribution in [3.8, 4) is 17.1 Å². The summed E-state index contributed by atoms with van der Waals surface area (Å²) in [7, 11) is 3.54. The van der Waals surface area contributed by atoms with E-state index in [4.69, 9.17) is 14.0 Å². The number of benzene rings is 1. The molecule has 1 aromatic carbocycles. The Labute approximate surface area is 117 Å². The van der Waals surface area contributed by atoms with Crippen molar-refractivity contribution in [3.05, 3.63) is 30.2 Å². The maximum atomic E-state index is 5.46. The summed E-state index contributed by atoms with van der Waals surface area (Å²) in [6.07, 6.45) is 0. The van der Waals surface area contributed by atoms with E-state index < -0.39 is 0 Å². The van der Waals surface area contributed by atoms with Crippen LogP contribution in [0.25, 0.3) is 11.4 Å². The lowest BCUT2D eigenvalue weighted by molar-refractivity contribution is 0.185. The second-order valence-corrected chi connectivity index (χ2v) is 4.73.